The van der Waals surface area contributed by atoms with Crippen LogP contribution < -0.4 is 5.32 Å². The monoisotopic (exact) mass is 261 g/mol. The van der Waals surface area contributed by atoms with Gasteiger partial charge in [0, 0.05) is 25.0 Å². The molecular weight excluding hydrogens is 234 g/mol. The molecule has 2 bridgehead atoms. The van der Waals surface area contributed by atoms with Crippen molar-refractivity contribution in [1.82, 2.24) is 14.9 Å². The third kappa shape index (κ3) is 1.94. The molecule has 1 heterocycles. The minimum absolute atomic E-state index is 0.427. The summed E-state index contributed by atoms with van der Waals surface area (Å²) in [6.45, 7) is 11.5. The Balaban J connectivity index is 1.73. The van der Waals surface area contributed by atoms with Gasteiger partial charge in [0.2, 0.25) is 0 Å². The predicted molar refractivity (Wildman–Crippen MR) is 77.8 cm³/mol. The number of aryl methyl sites for hydroxylation is 1. The molecule has 1 aromatic heterocycles. The molecule has 0 saturated heterocycles. The van der Waals surface area contributed by atoms with Crippen LogP contribution in [0.25, 0.3) is 0 Å². The number of nitrogens with one attached hydrogen (secondary N) is 1. The summed E-state index contributed by atoms with van der Waals surface area (Å²) >= 11 is 0. The van der Waals surface area contributed by atoms with E-state index in [0.717, 1.165) is 19.0 Å². The smallest absolute Gasteiger partial charge is 0.122 e. The highest BCUT2D eigenvalue weighted by Gasteiger charge is 2.58. The largest absolute Gasteiger partial charge is 0.334 e. The lowest BCUT2D eigenvalue weighted by atomic mass is 9.68. The Kier molecular flexibility index (Phi) is 3.01. The fourth-order valence-electron chi connectivity index (χ4n) is 4.80. The Morgan fingerprint density at radius 2 is 2.21 bits per heavy atom. The number of aromatic nitrogens is 2. The standard InChI is InChI=1S/C16H27N3/c1-5-19-9-8-17-13(19)11-18-14-15(2,3)12-6-7-16(14,4)10-12/h8-9,12,14,18H,5-7,10-11H2,1-4H3. The van der Waals surface area contributed by atoms with E-state index in [1.807, 2.05) is 6.20 Å². The van der Waals surface area contributed by atoms with Crippen LogP contribution in [-0.2, 0) is 13.1 Å². The first kappa shape index (κ1) is 13.2. The van der Waals surface area contributed by atoms with Crippen LogP contribution >= 0.6 is 0 Å². The molecule has 2 fully saturated rings. The van der Waals surface area contributed by atoms with E-state index in [4.69, 9.17) is 0 Å². The van der Waals surface area contributed by atoms with Crippen LogP contribution in [0, 0.1) is 16.7 Å². The van der Waals surface area contributed by atoms with Gasteiger partial charge in [-0.15, -0.1) is 0 Å². The van der Waals surface area contributed by atoms with Gasteiger partial charge in [-0.25, -0.2) is 4.98 Å². The zero-order valence-corrected chi connectivity index (χ0v) is 12.7. The van der Waals surface area contributed by atoms with Crippen molar-refractivity contribution in [3.63, 3.8) is 0 Å². The lowest BCUT2D eigenvalue weighted by Gasteiger charge is -2.43. The van der Waals surface area contributed by atoms with E-state index in [-0.39, 0.29) is 0 Å². The molecule has 2 saturated carbocycles. The predicted octanol–water partition coefficient (Wildman–Crippen LogP) is 3.21. The first-order chi connectivity index (χ1) is 8.97. The second-order valence-electron chi connectivity index (χ2n) is 7.36. The second-order valence-corrected chi connectivity index (χ2v) is 7.36. The molecule has 0 aliphatic heterocycles. The van der Waals surface area contributed by atoms with E-state index in [1.54, 1.807) is 0 Å². The summed E-state index contributed by atoms with van der Waals surface area (Å²) in [4.78, 5) is 4.48. The molecule has 3 heteroatoms. The van der Waals surface area contributed by atoms with Crippen LogP contribution in [0.1, 0.15) is 52.8 Å². The molecule has 2 aliphatic carbocycles. The lowest BCUT2D eigenvalue weighted by molar-refractivity contribution is 0.107. The van der Waals surface area contributed by atoms with Crippen LogP contribution in [0.15, 0.2) is 12.4 Å². The highest BCUT2D eigenvalue weighted by Crippen LogP contribution is 2.62. The quantitative estimate of drug-likeness (QED) is 0.902. The normalized spacial score (nSPS) is 36.0. The zero-order valence-electron chi connectivity index (χ0n) is 12.7. The molecular formula is C16H27N3. The molecule has 0 aromatic carbocycles. The van der Waals surface area contributed by atoms with Gasteiger partial charge in [-0.05, 0) is 42.9 Å². The van der Waals surface area contributed by atoms with Gasteiger partial charge in [-0.3, -0.25) is 0 Å². The number of nitrogens with zero attached hydrogens (tertiary/aromatic N) is 2. The Bertz CT molecular complexity index is 458. The van der Waals surface area contributed by atoms with E-state index in [2.05, 4.69) is 48.8 Å². The summed E-state index contributed by atoms with van der Waals surface area (Å²) in [6, 6.07) is 0.626. The van der Waals surface area contributed by atoms with Crippen molar-refractivity contribution in [2.75, 3.05) is 0 Å². The van der Waals surface area contributed by atoms with E-state index in [9.17, 15) is 0 Å². The van der Waals surface area contributed by atoms with Crippen LogP contribution in [0.5, 0.6) is 0 Å². The molecule has 0 amide bonds. The molecule has 2 aliphatic rings. The van der Waals surface area contributed by atoms with E-state index in [0.29, 0.717) is 16.9 Å². The van der Waals surface area contributed by atoms with E-state index >= 15 is 0 Å². The fraction of sp³-hybridized carbons (Fsp3) is 0.812. The number of imidazole rings is 1. The number of fused-ring (bicyclic) bond motifs is 2. The van der Waals surface area contributed by atoms with Gasteiger partial charge >= 0.3 is 0 Å². The zero-order chi connectivity index (χ0) is 13.7. The van der Waals surface area contributed by atoms with Gasteiger partial charge in [0.15, 0.2) is 0 Å². The average molecular weight is 261 g/mol. The minimum atomic E-state index is 0.427. The van der Waals surface area contributed by atoms with Crippen molar-refractivity contribution in [3.8, 4) is 0 Å². The van der Waals surface area contributed by atoms with Crippen molar-refractivity contribution in [3.05, 3.63) is 18.2 Å². The summed E-state index contributed by atoms with van der Waals surface area (Å²) < 4.78 is 2.23. The topological polar surface area (TPSA) is 29.9 Å². The lowest BCUT2D eigenvalue weighted by Crippen LogP contribution is -2.50. The van der Waals surface area contributed by atoms with Gasteiger partial charge in [0.1, 0.15) is 5.82 Å². The number of rotatable bonds is 4. The SMILES string of the molecule is CCn1ccnc1CNC1C2(C)CCC(C2)C1(C)C. The summed E-state index contributed by atoms with van der Waals surface area (Å²) in [5, 5.41) is 3.84. The van der Waals surface area contributed by atoms with Crippen molar-refractivity contribution in [1.29, 1.82) is 0 Å². The van der Waals surface area contributed by atoms with Gasteiger partial charge < -0.3 is 9.88 Å². The van der Waals surface area contributed by atoms with Gasteiger partial charge in [-0.2, -0.15) is 0 Å². The van der Waals surface area contributed by atoms with E-state index < -0.39 is 0 Å². The average Bonchev–Trinajstić information content (AvgIpc) is 2.99. The van der Waals surface area contributed by atoms with Crippen LogP contribution in [0.4, 0.5) is 0 Å². The third-order valence-corrected chi connectivity index (χ3v) is 5.88. The molecule has 3 unspecified atom stereocenters. The number of hydrogen-bond donors (Lipinski definition) is 1. The molecule has 106 valence electrons. The Labute approximate surface area is 116 Å². The molecule has 19 heavy (non-hydrogen) atoms. The highest BCUT2D eigenvalue weighted by atomic mass is 15.1. The molecule has 0 spiro atoms. The molecule has 3 nitrogen and oxygen atoms in total. The first-order valence-electron chi connectivity index (χ1n) is 7.71. The van der Waals surface area contributed by atoms with Crippen molar-refractivity contribution < 1.29 is 0 Å². The summed E-state index contributed by atoms with van der Waals surface area (Å²) in [5.74, 6) is 2.07. The van der Waals surface area contributed by atoms with Crippen LogP contribution in [-0.4, -0.2) is 15.6 Å². The molecule has 3 atom stereocenters. The summed E-state index contributed by atoms with van der Waals surface area (Å²) in [6.07, 6.45) is 8.20. The fourth-order valence-corrected chi connectivity index (χ4v) is 4.80. The Morgan fingerprint density at radius 3 is 2.84 bits per heavy atom. The maximum Gasteiger partial charge on any atom is 0.122 e. The number of hydrogen-bond acceptors (Lipinski definition) is 2. The maximum atomic E-state index is 4.48. The Hall–Kier alpha value is -0.830. The summed E-state index contributed by atoms with van der Waals surface area (Å²) in [5.41, 5.74) is 0.925. The van der Waals surface area contributed by atoms with Gasteiger partial charge in [0.05, 0.1) is 6.54 Å². The molecule has 1 N–H and O–H groups in total. The molecule has 0 radical (unpaired) electrons. The van der Waals surface area contributed by atoms with E-state index in [1.165, 1.54) is 25.1 Å². The van der Waals surface area contributed by atoms with Gasteiger partial charge in [0.25, 0.3) is 0 Å². The van der Waals surface area contributed by atoms with Crippen molar-refractivity contribution in [2.45, 2.75) is 66.1 Å². The van der Waals surface area contributed by atoms with Crippen molar-refractivity contribution >= 4 is 0 Å². The Morgan fingerprint density at radius 1 is 1.42 bits per heavy atom. The van der Waals surface area contributed by atoms with Crippen molar-refractivity contribution in [2.24, 2.45) is 16.7 Å². The van der Waals surface area contributed by atoms with Crippen LogP contribution in [0.2, 0.25) is 0 Å². The molecule has 3 rings (SSSR count). The molecule has 1 aromatic rings. The minimum Gasteiger partial charge on any atom is -0.334 e. The maximum absolute atomic E-state index is 4.48. The third-order valence-electron chi connectivity index (χ3n) is 5.88. The van der Waals surface area contributed by atoms with Crippen LogP contribution in [0.3, 0.4) is 0 Å². The summed E-state index contributed by atoms with van der Waals surface area (Å²) in [7, 11) is 0. The second kappa shape index (κ2) is 4.34. The first-order valence-corrected chi connectivity index (χ1v) is 7.71. The highest BCUT2D eigenvalue weighted by molar-refractivity contribution is 5.12. The van der Waals surface area contributed by atoms with Gasteiger partial charge in [-0.1, -0.05) is 20.8 Å².